The topological polar surface area (TPSA) is 131 Å². The van der Waals surface area contributed by atoms with Gasteiger partial charge in [0.05, 0.1) is 15.9 Å². The van der Waals surface area contributed by atoms with Crippen LogP contribution in [0.2, 0.25) is 10.0 Å². The van der Waals surface area contributed by atoms with E-state index < -0.39 is 27.1 Å². The molecule has 0 saturated heterocycles. The van der Waals surface area contributed by atoms with Crippen LogP contribution in [-0.2, 0) is 4.79 Å². The maximum absolute atomic E-state index is 12.9. The lowest BCUT2D eigenvalue weighted by Crippen LogP contribution is -2.50. The summed E-state index contributed by atoms with van der Waals surface area (Å²) in [7, 11) is 0. The van der Waals surface area contributed by atoms with Crippen LogP contribution in [0.1, 0.15) is 11.1 Å². The van der Waals surface area contributed by atoms with Crippen molar-refractivity contribution in [2.75, 3.05) is 5.01 Å². The van der Waals surface area contributed by atoms with Crippen LogP contribution in [0.4, 0.5) is 17.1 Å². The van der Waals surface area contributed by atoms with E-state index in [1.54, 1.807) is 42.5 Å². The fraction of sp³-hybridized carbons (Fsp3) is 0. The summed E-state index contributed by atoms with van der Waals surface area (Å²) in [6.45, 7) is 0. The summed E-state index contributed by atoms with van der Waals surface area (Å²) in [6.07, 6.45) is 1.46. The summed E-state index contributed by atoms with van der Waals surface area (Å²) in [6, 6.07) is 16.5. The molecule has 170 valence electrons. The Bertz CT molecular complexity index is 1390. The van der Waals surface area contributed by atoms with E-state index in [4.69, 9.17) is 23.2 Å². The van der Waals surface area contributed by atoms with Crippen LogP contribution in [0.25, 0.3) is 6.08 Å². The molecule has 3 aromatic rings. The molecule has 0 radical (unpaired) electrons. The third kappa shape index (κ3) is 4.58. The molecule has 0 unspecified atom stereocenters. The van der Waals surface area contributed by atoms with E-state index in [2.05, 4.69) is 10.4 Å². The Morgan fingerprint density at radius 3 is 2.32 bits per heavy atom. The average Bonchev–Trinajstić information content (AvgIpc) is 2.81. The van der Waals surface area contributed by atoms with Crippen molar-refractivity contribution < 1.29 is 14.6 Å². The summed E-state index contributed by atoms with van der Waals surface area (Å²) in [5.74, 6) is -0.508. The zero-order valence-corrected chi connectivity index (χ0v) is 18.5. The molecule has 0 aliphatic carbocycles. The Balaban J connectivity index is 1.89. The highest BCUT2D eigenvalue weighted by atomic mass is 35.5. The first-order valence-electron chi connectivity index (χ1n) is 9.59. The Labute approximate surface area is 202 Å². The van der Waals surface area contributed by atoms with Crippen molar-refractivity contribution >= 4 is 58.1 Å². The van der Waals surface area contributed by atoms with Gasteiger partial charge >= 0.3 is 5.69 Å². The highest BCUT2D eigenvalue weighted by Gasteiger charge is 2.32. The third-order valence-electron chi connectivity index (χ3n) is 4.78. The minimum absolute atomic E-state index is 0.0103. The van der Waals surface area contributed by atoms with E-state index >= 15 is 0 Å². The summed E-state index contributed by atoms with van der Waals surface area (Å²) in [5.41, 5.74) is 2.44. The number of carbonyl (C=O) groups is 1. The van der Waals surface area contributed by atoms with Gasteiger partial charge in [0.2, 0.25) is 0 Å². The predicted octanol–water partition coefficient (Wildman–Crippen LogP) is 5.15. The van der Waals surface area contributed by atoms with Crippen molar-refractivity contribution in [3.8, 4) is 0 Å². The normalized spacial score (nSPS) is 14.5. The molecule has 1 aliphatic heterocycles. The lowest BCUT2D eigenvalue weighted by Gasteiger charge is -2.30. The second-order valence-corrected chi connectivity index (χ2v) is 7.80. The van der Waals surface area contributed by atoms with E-state index in [0.29, 0.717) is 21.2 Å². The van der Waals surface area contributed by atoms with Crippen molar-refractivity contribution in [2.45, 2.75) is 0 Å². The van der Waals surface area contributed by atoms with Crippen LogP contribution < -0.4 is 10.4 Å². The van der Waals surface area contributed by atoms with Crippen molar-refractivity contribution in [2.24, 2.45) is 4.99 Å². The number of nitro benzene ring substituents is 2. The molecule has 3 aromatic carbocycles. The molecule has 12 heteroatoms. The first kappa shape index (κ1) is 22.9. The standard InChI is InChI=1S/C22H13Cl2N5O5/c23-15-7-6-14(17(24)11-15)10-18-22(30)26-27(21(25-18)13-4-2-1-3-5-13)19-9-8-16(28(31)32)12-20(19)29(33)34/h1-12H,(H,26,30)/b18-10+. The van der Waals surface area contributed by atoms with Gasteiger partial charge in [0.1, 0.15) is 11.4 Å². The molecule has 34 heavy (non-hydrogen) atoms. The SMILES string of the molecule is O=C1NN(c2ccc([N+](=O)[O-])cc2[N+](=O)[O-])C(c2ccccc2)=N/C1=C/c1ccc(Cl)cc1Cl. The van der Waals surface area contributed by atoms with Gasteiger partial charge in [-0.05, 0) is 29.8 Å². The lowest BCUT2D eigenvalue weighted by molar-refractivity contribution is -0.393. The Morgan fingerprint density at radius 2 is 1.68 bits per heavy atom. The van der Waals surface area contributed by atoms with Gasteiger partial charge in [-0.25, -0.2) is 10.0 Å². The molecule has 0 fully saturated rings. The number of halogens is 2. The van der Waals surface area contributed by atoms with E-state index in [1.165, 1.54) is 18.2 Å². The molecule has 1 aliphatic rings. The number of nitrogens with one attached hydrogen (secondary N) is 1. The number of hydrogen-bond donors (Lipinski definition) is 1. The molecule has 1 amide bonds. The molecule has 0 bridgehead atoms. The number of carbonyl (C=O) groups excluding carboxylic acids is 1. The number of non-ortho nitro benzene ring substituents is 1. The van der Waals surface area contributed by atoms with Gasteiger partial charge in [0.25, 0.3) is 11.6 Å². The summed E-state index contributed by atoms with van der Waals surface area (Å²) < 4.78 is 0. The Kier molecular flexibility index (Phi) is 6.26. The van der Waals surface area contributed by atoms with E-state index in [-0.39, 0.29) is 17.2 Å². The number of hydrogen-bond acceptors (Lipinski definition) is 7. The second-order valence-electron chi connectivity index (χ2n) is 6.96. The molecular weight excluding hydrogens is 485 g/mol. The fourth-order valence-corrected chi connectivity index (χ4v) is 3.67. The Hall–Kier alpha value is -4.28. The van der Waals surface area contributed by atoms with Crippen molar-refractivity contribution in [3.63, 3.8) is 0 Å². The number of hydrazine groups is 1. The zero-order valence-electron chi connectivity index (χ0n) is 17.0. The molecule has 4 rings (SSSR count). The molecule has 0 saturated carbocycles. The highest BCUT2D eigenvalue weighted by molar-refractivity contribution is 6.35. The molecule has 0 spiro atoms. The molecule has 0 atom stereocenters. The van der Waals surface area contributed by atoms with Gasteiger partial charge < -0.3 is 0 Å². The largest absolute Gasteiger partial charge is 0.301 e. The molecule has 1 N–H and O–H groups in total. The molecular formula is C22H13Cl2N5O5. The number of aliphatic imine (C=N–C) groups is 1. The maximum Gasteiger partial charge on any atom is 0.301 e. The number of nitrogens with zero attached hydrogens (tertiary/aromatic N) is 4. The second kappa shape index (κ2) is 9.30. The first-order chi connectivity index (χ1) is 16.2. The van der Waals surface area contributed by atoms with Gasteiger partial charge in [0.15, 0.2) is 5.84 Å². The fourth-order valence-electron chi connectivity index (χ4n) is 3.21. The van der Waals surface area contributed by atoms with E-state index in [1.807, 2.05) is 0 Å². The van der Waals surface area contributed by atoms with E-state index in [9.17, 15) is 25.0 Å². The number of rotatable bonds is 5. The van der Waals surface area contributed by atoms with Crippen LogP contribution in [-0.4, -0.2) is 21.6 Å². The lowest BCUT2D eigenvalue weighted by atomic mass is 10.1. The third-order valence-corrected chi connectivity index (χ3v) is 5.34. The van der Waals surface area contributed by atoms with Gasteiger partial charge in [0, 0.05) is 21.7 Å². The van der Waals surface area contributed by atoms with Crippen molar-refractivity contribution in [1.29, 1.82) is 0 Å². The van der Waals surface area contributed by atoms with Crippen LogP contribution in [0.15, 0.2) is 77.4 Å². The average molecular weight is 498 g/mol. The Morgan fingerprint density at radius 1 is 0.941 bits per heavy atom. The number of anilines is 1. The first-order valence-corrected chi connectivity index (χ1v) is 10.3. The monoisotopic (exact) mass is 497 g/mol. The smallest absolute Gasteiger partial charge is 0.266 e. The van der Waals surface area contributed by atoms with Crippen LogP contribution in [0, 0.1) is 20.2 Å². The maximum atomic E-state index is 12.9. The molecule has 10 nitrogen and oxygen atoms in total. The minimum atomic E-state index is -0.768. The van der Waals surface area contributed by atoms with E-state index in [0.717, 1.165) is 17.1 Å². The van der Waals surface area contributed by atoms with Crippen molar-refractivity contribution in [1.82, 2.24) is 5.43 Å². The summed E-state index contributed by atoms with van der Waals surface area (Å²) in [5, 5.41) is 24.7. The van der Waals surface area contributed by atoms with Crippen LogP contribution in [0.5, 0.6) is 0 Å². The number of benzene rings is 3. The summed E-state index contributed by atoms with van der Waals surface area (Å²) >= 11 is 12.2. The van der Waals surface area contributed by atoms with Crippen LogP contribution >= 0.6 is 23.2 Å². The number of amidine groups is 1. The predicted molar refractivity (Wildman–Crippen MR) is 128 cm³/mol. The van der Waals surface area contributed by atoms with Gasteiger partial charge in [-0.1, -0.05) is 59.6 Å². The zero-order chi connectivity index (χ0) is 24.4. The van der Waals surface area contributed by atoms with Gasteiger partial charge in [-0.2, -0.15) is 0 Å². The minimum Gasteiger partial charge on any atom is -0.266 e. The summed E-state index contributed by atoms with van der Waals surface area (Å²) in [4.78, 5) is 38.7. The highest BCUT2D eigenvalue weighted by Crippen LogP contribution is 2.34. The van der Waals surface area contributed by atoms with Gasteiger partial charge in [-0.3, -0.25) is 30.4 Å². The molecule has 0 aromatic heterocycles. The van der Waals surface area contributed by atoms with Crippen LogP contribution in [0.3, 0.4) is 0 Å². The number of nitro groups is 2. The molecule has 1 heterocycles. The van der Waals surface area contributed by atoms with Gasteiger partial charge in [-0.15, -0.1) is 0 Å². The number of amides is 1. The quantitative estimate of drug-likeness (QED) is 0.294. The van der Waals surface area contributed by atoms with Crippen molar-refractivity contribution in [3.05, 3.63) is 114 Å².